The number of hydrogen-bond acceptors (Lipinski definition) is 4. The average Bonchev–Trinajstić information content (AvgIpc) is 2.61. The molecule has 5 heteroatoms. The number of amides is 1. The van der Waals surface area contributed by atoms with Crippen LogP contribution >= 0.6 is 0 Å². The van der Waals surface area contributed by atoms with Gasteiger partial charge in [-0.1, -0.05) is 12.1 Å². The number of nitrogens with zero attached hydrogens (tertiary/aromatic N) is 2. The van der Waals surface area contributed by atoms with Gasteiger partial charge in [0.1, 0.15) is 11.4 Å². The summed E-state index contributed by atoms with van der Waals surface area (Å²) in [6.45, 7) is 3.30. The Morgan fingerprint density at radius 3 is 2.87 bits per heavy atom. The summed E-state index contributed by atoms with van der Waals surface area (Å²) in [5.41, 5.74) is 0.457. The van der Waals surface area contributed by atoms with Gasteiger partial charge in [-0.2, -0.15) is 0 Å². The summed E-state index contributed by atoms with van der Waals surface area (Å²) in [6, 6.07) is 7.87. The Labute approximate surface area is 135 Å². The summed E-state index contributed by atoms with van der Waals surface area (Å²) in [7, 11) is 1.64. The summed E-state index contributed by atoms with van der Waals surface area (Å²) >= 11 is 0. The Morgan fingerprint density at radius 1 is 1.35 bits per heavy atom. The zero-order chi connectivity index (χ0) is 15.8. The summed E-state index contributed by atoms with van der Waals surface area (Å²) in [5, 5.41) is 5.08. The quantitative estimate of drug-likeness (QED) is 0.943. The number of pyridine rings is 1. The van der Waals surface area contributed by atoms with Crippen LogP contribution < -0.4 is 10.1 Å². The van der Waals surface area contributed by atoms with E-state index in [4.69, 9.17) is 4.74 Å². The SMILES string of the molecule is COc1cccc2cnc(C(=O)NC3CN4CCC3CC4)cc12. The Kier molecular flexibility index (Phi) is 3.65. The van der Waals surface area contributed by atoms with Crippen molar-refractivity contribution in [3.8, 4) is 5.75 Å². The van der Waals surface area contributed by atoms with E-state index in [9.17, 15) is 4.79 Å². The lowest BCUT2D eigenvalue weighted by molar-refractivity contribution is 0.0618. The van der Waals surface area contributed by atoms with Crippen LogP contribution in [-0.2, 0) is 0 Å². The maximum Gasteiger partial charge on any atom is 0.270 e. The van der Waals surface area contributed by atoms with Crippen LogP contribution in [0.15, 0.2) is 30.5 Å². The highest BCUT2D eigenvalue weighted by molar-refractivity contribution is 5.98. The van der Waals surface area contributed by atoms with Gasteiger partial charge in [0.15, 0.2) is 0 Å². The van der Waals surface area contributed by atoms with Crippen LogP contribution in [0.2, 0.25) is 0 Å². The first-order valence-electron chi connectivity index (χ1n) is 8.20. The van der Waals surface area contributed by atoms with Gasteiger partial charge in [-0.3, -0.25) is 9.78 Å². The Bertz CT molecular complexity index is 738. The van der Waals surface area contributed by atoms with E-state index in [-0.39, 0.29) is 11.9 Å². The molecule has 4 heterocycles. The number of piperidine rings is 3. The number of methoxy groups -OCH3 is 1. The molecule has 0 spiro atoms. The average molecular weight is 311 g/mol. The molecule has 5 nitrogen and oxygen atoms in total. The molecule has 3 aliphatic rings. The van der Waals surface area contributed by atoms with Crippen LogP contribution in [0.3, 0.4) is 0 Å². The fourth-order valence-corrected chi connectivity index (χ4v) is 3.81. The van der Waals surface area contributed by atoms with Gasteiger partial charge in [-0.05, 0) is 44.0 Å². The van der Waals surface area contributed by atoms with Gasteiger partial charge in [0, 0.05) is 29.6 Å². The van der Waals surface area contributed by atoms with E-state index in [1.54, 1.807) is 13.3 Å². The van der Waals surface area contributed by atoms with E-state index in [2.05, 4.69) is 15.2 Å². The topological polar surface area (TPSA) is 54.5 Å². The number of rotatable bonds is 3. The molecule has 0 saturated carbocycles. The highest BCUT2D eigenvalue weighted by Crippen LogP contribution is 2.28. The van der Waals surface area contributed by atoms with Crippen LogP contribution in [0, 0.1) is 5.92 Å². The van der Waals surface area contributed by atoms with Crippen molar-refractivity contribution in [2.75, 3.05) is 26.7 Å². The normalized spacial score (nSPS) is 26.2. The highest BCUT2D eigenvalue weighted by atomic mass is 16.5. The lowest BCUT2D eigenvalue weighted by atomic mass is 9.84. The lowest BCUT2D eigenvalue weighted by Crippen LogP contribution is -2.57. The smallest absolute Gasteiger partial charge is 0.270 e. The van der Waals surface area contributed by atoms with Crippen molar-refractivity contribution in [3.63, 3.8) is 0 Å². The highest BCUT2D eigenvalue weighted by Gasteiger charge is 2.35. The molecule has 120 valence electrons. The predicted octanol–water partition coefficient (Wildman–Crippen LogP) is 2.07. The molecule has 1 N–H and O–H groups in total. The van der Waals surface area contributed by atoms with E-state index < -0.39 is 0 Å². The fraction of sp³-hybridized carbons (Fsp3) is 0.444. The molecule has 1 amide bonds. The first-order valence-corrected chi connectivity index (χ1v) is 8.20. The maximum absolute atomic E-state index is 12.6. The first kappa shape index (κ1) is 14.5. The van der Waals surface area contributed by atoms with Gasteiger partial charge in [0.25, 0.3) is 5.91 Å². The number of hydrogen-bond donors (Lipinski definition) is 1. The predicted molar refractivity (Wildman–Crippen MR) is 88.7 cm³/mol. The molecule has 0 aliphatic carbocycles. The summed E-state index contributed by atoms with van der Waals surface area (Å²) < 4.78 is 5.39. The minimum Gasteiger partial charge on any atom is -0.496 e. The number of nitrogens with one attached hydrogen (secondary N) is 1. The number of benzene rings is 1. The molecular weight excluding hydrogens is 290 g/mol. The number of ether oxygens (including phenoxy) is 1. The second kappa shape index (κ2) is 5.81. The van der Waals surface area contributed by atoms with Crippen LogP contribution in [0.25, 0.3) is 10.8 Å². The van der Waals surface area contributed by atoms with E-state index in [1.807, 2.05) is 24.3 Å². The van der Waals surface area contributed by atoms with Crippen molar-refractivity contribution in [3.05, 3.63) is 36.2 Å². The molecule has 2 aromatic rings. The van der Waals surface area contributed by atoms with E-state index in [1.165, 1.54) is 25.9 Å². The molecule has 3 fully saturated rings. The third-order valence-corrected chi connectivity index (χ3v) is 5.15. The lowest BCUT2D eigenvalue weighted by Gasteiger charge is -2.44. The molecule has 1 aromatic heterocycles. The third-order valence-electron chi connectivity index (χ3n) is 5.15. The van der Waals surface area contributed by atoms with Crippen LogP contribution in [0.4, 0.5) is 0 Å². The van der Waals surface area contributed by atoms with E-state index >= 15 is 0 Å². The van der Waals surface area contributed by atoms with Gasteiger partial charge >= 0.3 is 0 Å². The van der Waals surface area contributed by atoms with Gasteiger partial charge in [-0.15, -0.1) is 0 Å². The van der Waals surface area contributed by atoms with E-state index in [0.717, 1.165) is 23.1 Å². The van der Waals surface area contributed by atoms with Gasteiger partial charge in [-0.25, -0.2) is 0 Å². The number of aromatic nitrogens is 1. The number of fused-ring (bicyclic) bond motifs is 4. The van der Waals surface area contributed by atoms with Crippen molar-refractivity contribution in [2.45, 2.75) is 18.9 Å². The van der Waals surface area contributed by atoms with Gasteiger partial charge in [0.2, 0.25) is 0 Å². The van der Waals surface area contributed by atoms with Crippen molar-refractivity contribution in [2.24, 2.45) is 5.92 Å². The monoisotopic (exact) mass is 311 g/mol. The van der Waals surface area contributed by atoms with Crippen molar-refractivity contribution < 1.29 is 9.53 Å². The Morgan fingerprint density at radius 2 is 2.17 bits per heavy atom. The molecule has 3 saturated heterocycles. The largest absolute Gasteiger partial charge is 0.496 e. The zero-order valence-corrected chi connectivity index (χ0v) is 13.3. The third kappa shape index (κ3) is 2.65. The standard InChI is InChI=1S/C18H21N3O2/c1-23-17-4-2-3-13-10-19-15(9-14(13)17)18(22)20-16-11-21-7-5-12(16)6-8-21/h2-4,9-10,12,16H,5-8,11H2,1H3,(H,20,22). The fourth-order valence-electron chi connectivity index (χ4n) is 3.81. The minimum absolute atomic E-state index is 0.0865. The van der Waals surface area contributed by atoms with Crippen molar-refractivity contribution in [1.82, 2.24) is 15.2 Å². The summed E-state index contributed by atoms with van der Waals surface area (Å²) in [6.07, 6.45) is 4.11. The molecule has 5 rings (SSSR count). The van der Waals surface area contributed by atoms with Crippen LogP contribution in [0.1, 0.15) is 23.3 Å². The van der Waals surface area contributed by atoms with Crippen LogP contribution in [-0.4, -0.2) is 48.6 Å². The number of carbonyl (C=O) groups excluding carboxylic acids is 1. The summed E-state index contributed by atoms with van der Waals surface area (Å²) in [4.78, 5) is 19.4. The molecule has 2 bridgehead atoms. The van der Waals surface area contributed by atoms with Crippen molar-refractivity contribution >= 4 is 16.7 Å². The molecule has 1 unspecified atom stereocenters. The van der Waals surface area contributed by atoms with Gasteiger partial charge < -0.3 is 15.0 Å². The van der Waals surface area contributed by atoms with Gasteiger partial charge in [0.05, 0.1) is 7.11 Å². The maximum atomic E-state index is 12.6. The van der Waals surface area contributed by atoms with Crippen LogP contribution in [0.5, 0.6) is 5.75 Å². The second-order valence-electron chi connectivity index (χ2n) is 6.47. The van der Waals surface area contributed by atoms with E-state index in [0.29, 0.717) is 11.6 Å². The zero-order valence-electron chi connectivity index (χ0n) is 13.3. The molecule has 3 aliphatic heterocycles. The molecule has 1 aromatic carbocycles. The first-order chi connectivity index (χ1) is 11.2. The Hall–Kier alpha value is -2.14. The Balaban J connectivity index is 1.57. The molecule has 0 radical (unpaired) electrons. The molecular formula is C18H21N3O2. The van der Waals surface area contributed by atoms with Crippen molar-refractivity contribution in [1.29, 1.82) is 0 Å². The minimum atomic E-state index is -0.0865. The molecule has 23 heavy (non-hydrogen) atoms. The summed E-state index contributed by atoms with van der Waals surface area (Å²) in [5.74, 6) is 1.29. The second-order valence-corrected chi connectivity index (χ2v) is 6.47. The number of carbonyl (C=O) groups is 1. The molecule has 1 atom stereocenters.